The van der Waals surface area contributed by atoms with Crippen molar-refractivity contribution in [2.24, 2.45) is 5.41 Å². The zero-order valence-electron chi connectivity index (χ0n) is 16.2. The molecule has 0 aromatic heterocycles. The Balaban J connectivity index is 2.23. The molecule has 0 bridgehead atoms. The van der Waals surface area contributed by atoms with E-state index in [2.05, 4.69) is 10.6 Å². The van der Waals surface area contributed by atoms with Crippen molar-refractivity contribution in [1.29, 1.82) is 0 Å². The number of anilines is 2. The van der Waals surface area contributed by atoms with Crippen LogP contribution >= 0.6 is 0 Å². The molecule has 0 saturated carbocycles. The topological polar surface area (TPSA) is 76.7 Å². The second-order valence-corrected chi connectivity index (χ2v) is 6.16. The molecule has 27 heavy (non-hydrogen) atoms. The molecule has 0 aliphatic carbocycles. The van der Waals surface area contributed by atoms with Crippen LogP contribution in [-0.2, 0) is 9.59 Å². The third kappa shape index (κ3) is 4.58. The average Bonchev–Trinajstić information content (AvgIpc) is 2.69. The van der Waals surface area contributed by atoms with Gasteiger partial charge in [0.05, 0.1) is 14.2 Å². The Labute approximate surface area is 159 Å². The average molecular weight is 370 g/mol. The number of hydrogen-bond acceptors (Lipinski definition) is 4. The second-order valence-electron chi connectivity index (χ2n) is 6.16. The van der Waals surface area contributed by atoms with Crippen LogP contribution in [0.15, 0.2) is 48.5 Å². The van der Waals surface area contributed by atoms with Crippen molar-refractivity contribution in [3.8, 4) is 11.5 Å². The van der Waals surface area contributed by atoms with Crippen molar-refractivity contribution in [3.05, 3.63) is 48.5 Å². The summed E-state index contributed by atoms with van der Waals surface area (Å²) >= 11 is 0. The lowest BCUT2D eigenvalue weighted by Crippen LogP contribution is -2.45. The van der Waals surface area contributed by atoms with E-state index in [1.165, 1.54) is 0 Å². The molecule has 144 valence electrons. The Kier molecular flexibility index (Phi) is 6.82. The van der Waals surface area contributed by atoms with Gasteiger partial charge in [0.25, 0.3) is 0 Å². The van der Waals surface area contributed by atoms with Crippen LogP contribution in [0.2, 0.25) is 0 Å². The molecular formula is C21H26N2O4. The maximum Gasteiger partial charge on any atom is 0.240 e. The Morgan fingerprint density at radius 1 is 0.815 bits per heavy atom. The first-order chi connectivity index (χ1) is 13.0. The standard InChI is InChI=1S/C21H26N2O4/c1-5-21(6-2,19(24)22-15-9-7-11-17(13-15)26-3)20(25)23-16-10-8-12-18(14-16)27-4/h7-14H,5-6H2,1-4H3,(H,22,24)(H,23,25). The first-order valence-corrected chi connectivity index (χ1v) is 8.90. The van der Waals surface area contributed by atoms with E-state index in [0.29, 0.717) is 35.7 Å². The lowest BCUT2D eigenvalue weighted by molar-refractivity contribution is -0.137. The molecule has 6 heteroatoms. The van der Waals surface area contributed by atoms with Gasteiger partial charge < -0.3 is 20.1 Å². The molecule has 0 heterocycles. The van der Waals surface area contributed by atoms with E-state index in [4.69, 9.17) is 9.47 Å². The monoisotopic (exact) mass is 370 g/mol. The highest BCUT2D eigenvalue weighted by Gasteiger charge is 2.42. The van der Waals surface area contributed by atoms with E-state index >= 15 is 0 Å². The molecule has 6 nitrogen and oxygen atoms in total. The summed E-state index contributed by atoms with van der Waals surface area (Å²) in [5.41, 5.74) is -0.0220. The number of nitrogens with one attached hydrogen (secondary N) is 2. The fourth-order valence-electron chi connectivity index (χ4n) is 2.90. The molecule has 2 rings (SSSR count). The van der Waals surface area contributed by atoms with Gasteiger partial charge in [-0.15, -0.1) is 0 Å². The molecule has 0 aliphatic heterocycles. The van der Waals surface area contributed by atoms with Crippen molar-refractivity contribution in [2.45, 2.75) is 26.7 Å². The van der Waals surface area contributed by atoms with Gasteiger partial charge in [0.2, 0.25) is 11.8 Å². The number of ether oxygens (including phenoxy) is 2. The van der Waals surface area contributed by atoms with Gasteiger partial charge in [0.1, 0.15) is 16.9 Å². The number of benzene rings is 2. The summed E-state index contributed by atoms with van der Waals surface area (Å²) in [6, 6.07) is 14.1. The summed E-state index contributed by atoms with van der Waals surface area (Å²) in [6.07, 6.45) is 0.740. The van der Waals surface area contributed by atoms with Crippen LogP contribution in [0.4, 0.5) is 11.4 Å². The molecule has 0 fully saturated rings. The van der Waals surface area contributed by atoms with Crippen molar-refractivity contribution in [1.82, 2.24) is 0 Å². The first kappa shape index (κ1) is 20.3. The van der Waals surface area contributed by atoms with Crippen molar-refractivity contribution in [2.75, 3.05) is 24.9 Å². The summed E-state index contributed by atoms with van der Waals surface area (Å²) in [5, 5.41) is 5.69. The Morgan fingerprint density at radius 3 is 1.56 bits per heavy atom. The van der Waals surface area contributed by atoms with Gasteiger partial charge in [-0.1, -0.05) is 26.0 Å². The summed E-state index contributed by atoms with van der Waals surface area (Å²) in [5.74, 6) is 0.571. The summed E-state index contributed by atoms with van der Waals surface area (Å²) in [4.78, 5) is 26.0. The van der Waals surface area contributed by atoms with E-state index in [1.807, 2.05) is 13.8 Å². The molecule has 0 unspecified atom stereocenters. The molecule has 0 saturated heterocycles. The lowest BCUT2D eigenvalue weighted by Gasteiger charge is -2.29. The Morgan fingerprint density at radius 2 is 1.22 bits per heavy atom. The SMILES string of the molecule is CCC(CC)(C(=O)Nc1cccc(OC)c1)C(=O)Nc1cccc(OC)c1. The highest BCUT2D eigenvalue weighted by atomic mass is 16.5. The number of carbonyl (C=O) groups excluding carboxylic acids is 2. The minimum atomic E-state index is -1.19. The predicted octanol–water partition coefficient (Wildman–Crippen LogP) is 4.09. The number of methoxy groups -OCH3 is 2. The maximum absolute atomic E-state index is 13.0. The van der Waals surface area contributed by atoms with Crippen LogP contribution in [0.5, 0.6) is 11.5 Å². The highest BCUT2D eigenvalue weighted by molar-refractivity contribution is 6.14. The summed E-state index contributed by atoms with van der Waals surface area (Å²) in [6.45, 7) is 3.67. The van der Waals surface area contributed by atoms with E-state index in [1.54, 1.807) is 62.8 Å². The number of amides is 2. The van der Waals surface area contributed by atoms with Crippen LogP contribution in [0.25, 0.3) is 0 Å². The van der Waals surface area contributed by atoms with Crippen molar-refractivity contribution in [3.63, 3.8) is 0 Å². The zero-order valence-corrected chi connectivity index (χ0v) is 16.2. The largest absolute Gasteiger partial charge is 0.497 e. The van der Waals surface area contributed by atoms with Crippen LogP contribution < -0.4 is 20.1 Å². The van der Waals surface area contributed by atoms with Gasteiger partial charge in [-0.2, -0.15) is 0 Å². The number of carbonyl (C=O) groups is 2. The predicted molar refractivity (Wildman–Crippen MR) is 106 cm³/mol. The molecule has 2 amide bonds. The molecule has 0 radical (unpaired) electrons. The normalized spacial score (nSPS) is 10.8. The minimum Gasteiger partial charge on any atom is -0.497 e. The second kappa shape index (κ2) is 9.07. The number of rotatable bonds is 8. The first-order valence-electron chi connectivity index (χ1n) is 8.90. The van der Waals surface area contributed by atoms with Gasteiger partial charge in [-0.3, -0.25) is 9.59 Å². The Hall–Kier alpha value is -3.02. The highest BCUT2D eigenvalue weighted by Crippen LogP contribution is 2.31. The zero-order chi connectivity index (χ0) is 19.9. The molecule has 0 atom stereocenters. The van der Waals surface area contributed by atoms with Gasteiger partial charge >= 0.3 is 0 Å². The fourth-order valence-corrected chi connectivity index (χ4v) is 2.90. The summed E-state index contributed by atoms with van der Waals surface area (Å²) in [7, 11) is 3.12. The molecule has 2 aromatic carbocycles. The number of hydrogen-bond donors (Lipinski definition) is 2. The smallest absolute Gasteiger partial charge is 0.240 e. The summed E-state index contributed by atoms with van der Waals surface area (Å²) < 4.78 is 10.4. The minimum absolute atomic E-state index is 0.346. The molecule has 0 spiro atoms. The van der Waals surface area contributed by atoms with Gasteiger partial charge in [-0.05, 0) is 37.1 Å². The van der Waals surface area contributed by atoms with E-state index < -0.39 is 5.41 Å². The lowest BCUT2D eigenvalue weighted by atomic mass is 9.80. The molecule has 0 aliphatic rings. The fraction of sp³-hybridized carbons (Fsp3) is 0.333. The van der Waals surface area contributed by atoms with E-state index in [0.717, 1.165) is 0 Å². The third-order valence-electron chi connectivity index (χ3n) is 4.73. The van der Waals surface area contributed by atoms with Gasteiger partial charge in [0.15, 0.2) is 0 Å². The van der Waals surface area contributed by atoms with Crippen LogP contribution in [-0.4, -0.2) is 26.0 Å². The maximum atomic E-state index is 13.0. The molecule has 2 N–H and O–H groups in total. The molecule has 2 aromatic rings. The van der Waals surface area contributed by atoms with Crippen molar-refractivity contribution >= 4 is 23.2 Å². The third-order valence-corrected chi connectivity index (χ3v) is 4.73. The van der Waals surface area contributed by atoms with Crippen molar-refractivity contribution < 1.29 is 19.1 Å². The van der Waals surface area contributed by atoms with E-state index in [9.17, 15) is 9.59 Å². The quantitative estimate of drug-likeness (QED) is 0.686. The van der Waals surface area contributed by atoms with Crippen LogP contribution in [0, 0.1) is 5.41 Å². The van der Waals surface area contributed by atoms with Crippen LogP contribution in [0.3, 0.4) is 0 Å². The van der Waals surface area contributed by atoms with Gasteiger partial charge in [0, 0.05) is 23.5 Å². The van der Waals surface area contributed by atoms with E-state index in [-0.39, 0.29) is 11.8 Å². The molecular weight excluding hydrogens is 344 g/mol. The van der Waals surface area contributed by atoms with Gasteiger partial charge in [-0.25, -0.2) is 0 Å². The van der Waals surface area contributed by atoms with Crippen LogP contribution in [0.1, 0.15) is 26.7 Å². The Bertz CT molecular complexity index is 737.